The molecule has 0 unspecified atom stereocenters. The normalized spacial score (nSPS) is 17.0. The van der Waals surface area contributed by atoms with Crippen LogP contribution in [0.2, 0.25) is 0 Å². The first-order valence-electron chi connectivity index (χ1n) is 6.61. The predicted octanol–water partition coefficient (Wildman–Crippen LogP) is 1.95. The Balaban J connectivity index is 2.07. The summed E-state index contributed by atoms with van der Waals surface area (Å²) in [6.07, 6.45) is 7.37. The number of carbonyl (C=O) groups is 1. The van der Waals surface area contributed by atoms with Crippen LogP contribution in [0.15, 0.2) is 24.5 Å². The van der Waals surface area contributed by atoms with E-state index in [9.17, 15) is 4.79 Å². The van der Waals surface area contributed by atoms with Gasteiger partial charge in [-0.15, -0.1) is 0 Å². The Morgan fingerprint density at radius 1 is 1.44 bits per heavy atom. The van der Waals surface area contributed by atoms with E-state index >= 15 is 0 Å². The number of hydrogen-bond acceptors (Lipinski definition) is 3. The van der Waals surface area contributed by atoms with Crippen molar-refractivity contribution in [3.63, 3.8) is 0 Å². The Morgan fingerprint density at radius 2 is 2.11 bits per heavy atom. The average Bonchev–Trinajstić information content (AvgIpc) is 2.36. The summed E-state index contributed by atoms with van der Waals surface area (Å²) in [7, 11) is 0. The molecule has 1 heterocycles. The van der Waals surface area contributed by atoms with Gasteiger partial charge in [-0.05, 0) is 43.9 Å². The standard InChI is InChI=1S/C14H21N3O/c1-2-17(12-4-8-16-9-5-12)13(18)10-14(11-15)6-3-7-14/h4-5,8-9H,2-3,6-7,10-11,15H2,1H3. The summed E-state index contributed by atoms with van der Waals surface area (Å²) < 4.78 is 0. The van der Waals surface area contributed by atoms with Gasteiger partial charge in [0.15, 0.2) is 0 Å². The molecule has 1 saturated carbocycles. The molecule has 1 aliphatic rings. The van der Waals surface area contributed by atoms with Gasteiger partial charge in [-0.3, -0.25) is 9.78 Å². The lowest BCUT2D eigenvalue weighted by molar-refractivity contribution is -0.122. The van der Waals surface area contributed by atoms with Crippen LogP contribution >= 0.6 is 0 Å². The molecule has 2 rings (SSSR count). The Hall–Kier alpha value is -1.42. The van der Waals surface area contributed by atoms with Gasteiger partial charge in [0, 0.05) is 31.0 Å². The van der Waals surface area contributed by atoms with Crippen molar-refractivity contribution in [1.29, 1.82) is 0 Å². The molecule has 0 atom stereocenters. The average molecular weight is 247 g/mol. The van der Waals surface area contributed by atoms with E-state index in [1.807, 2.05) is 24.0 Å². The van der Waals surface area contributed by atoms with Crippen LogP contribution in [0.25, 0.3) is 0 Å². The third-order valence-electron chi connectivity index (χ3n) is 3.97. The molecule has 0 aliphatic heterocycles. The smallest absolute Gasteiger partial charge is 0.227 e. The molecule has 4 heteroatoms. The molecule has 0 saturated heterocycles. The predicted molar refractivity (Wildman–Crippen MR) is 72.2 cm³/mol. The van der Waals surface area contributed by atoms with Gasteiger partial charge in [-0.1, -0.05) is 6.42 Å². The highest BCUT2D eigenvalue weighted by atomic mass is 16.2. The van der Waals surface area contributed by atoms with Gasteiger partial charge >= 0.3 is 0 Å². The number of aromatic nitrogens is 1. The summed E-state index contributed by atoms with van der Waals surface area (Å²) in [6, 6.07) is 3.74. The molecule has 1 aromatic heterocycles. The largest absolute Gasteiger partial charge is 0.330 e. The summed E-state index contributed by atoms with van der Waals surface area (Å²) in [5.74, 6) is 0.175. The molecule has 1 aliphatic carbocycles. The quantitative estimate of drug-likeness (QED) is 0.865. The van der Waals surface area contributed by atoms with Gasteiger partial charge in [-0.2, -0.15) is 0 Å². The zero-order chi connectivity index (χ0) is 13.0. The van der Waals surface area contributed by atoms with Gasteiger partial charge in [0.05, 0.1) is 0 Å². The summed E-state index contributed by atoms with van der Waals surface area (Å²) in [5, 5.41) is 0. The zero-order valence-corrected chi connectivity index (χ0v) is 10.9. The molecule has 18 heavy (non-hydrogen) atoms. The molecule has 98 valence electrons. The lowest BCUT2D eigenvalue weighted by Gasteiger charge is -2.41. The van der Waals surface area contributed by atoms with Crippen LogP contribution in [0.1, 0.15) is 32.6 Å². The van der Waals surface area contributed by atoms with Crippen LogP contribution in [0.3, 0.4) is 0 Å². The first-order chi connectivity index (χ1) is 8.71. The molecule has 1 amide bonds. The van der Waals surface area contributed by atoms with Gasteiger partial charge < -0.3 is 10.6 Å². The van der Waals surface area contributed by atoms with Gasteiger partial charge in [0.25, 0.3) is 0 Å². The van der Waals surface area contributed by atoms with E-state index in [0.29, 0.717) is 19.5 Å². The SMILES string of the molecule is CCN(C(=O)CC1(CN)CCC1)c1ccncc1. The minimum Gasteiger partial charge on any atom is -0.330 e. The third kappa shape index (κ3) is 2.53. The lowest BCUT2D eigenvalue weighted by atomic mass is 9.66. The van der Waals surface area contributed by atoms with Crippen molar-refractivity contribution in [2.45, 2.75) is 32.6 Å². The van der Waals surface area contributed by atoms with Crippen LogP contribution in [0, 0.1) is 5.41 Å². The number of carbonyl (C=O) groups excluding carboxylic acids is 1. The van der Waals surface area contributed by atoms with Crippen molar-refractivity contribution in [2.75, 3.05) is 18.0 Å². The highest BCUT2D eigenvalue weighted by Gasteiger charge is 2.38. The fraction of sp³-hybridized carbons (Fsp3) is 0.571. The van der Waals surface area contributed by atoms with E-state index in [4.69, 9.17) is 5.73 Å². The topological polar surface area (TPSA) is 59.2 Å². The molecule has 0 aromatic carbocycles. The van der Waals surface area contributed by atoms with E-state index in [2.05, 4.69) is 4.98 Å². The fourth-order valence-corrected chi connectivity index (χ4v) is 2.57. The molecular weight excluding hydrogens is 226 g/mol. The Morgan fingerprint density at radius 3 is 2.56 bits per heavy atom. The highest BCUT2D eigenvalue weighted by Crippen LogP contribution is 2.43. The van der Waals surface area contributed by atoms with Crippen LogP contribution in [0.4, 0.5) is 5.69 Å². The number of pyridine rings is 1. The highest BCUT2D eigenvalue weighted by molar-refractivity contribution is 5.93. The minimum absolute atomic E-state index is 0.0670. The summed E-state index contributed by atoms with van der Waals surface area (Å²) in [5.41, 5.74) is 6.80. The van der Waals surface area contributed by atoms with Gasteiger partial charge in [-0.25, -0.2) is 0 Å². The maximum absolute atomic E-state index is 12.4. The number of nitrogens with two attached hydrogens (primary N) is 1. The van der Waals surface area contributed by atoms with Crippen molar-refractivity contribution in [3.05, 3.63) is 24.5 Å². The van der Waals surface area contributed by atoms with E-state index in [1.165, 1.54) is 6.42 Å². The second kappa shape index (κ2) is 5.48. The van der Waals surface area contributed by atoms with Crippen LogP contribution in [0.5, 0.6) is 0 Å². The zero-order valence-electron chi connectivity index (χ0n) is 10.9. The van der Waals surface area contributed by atoms with Gasteiger partial charge in [0.2, 0.25) is 5.91 Å². The number of nitrogens with zero attached hydrogens (tertiary/aromatic N) is 2. The first kappa shape index (κ1) is 13.0. The molecule has 0 spiro atoms. The van der Waals surface area contributed by atoms with Crippen molar-refractivity contribution in [3.8, 4) is 0 Å². The van der Waals surface area contributed by atoms with Gasteiger partial charge in [0.1, 0.15) is 0 Å². The summed E-state index contributed by atoms with van der Waals surface area (Å²) in [6.45, 7) is 3.30. The van der Waals surface area contributed by atoms with E-state index in [-0.39, 0.29) is 11.3 Å². The summed E-state index contributed by atoms with van der Waals surface area (Å²) >= 11 is 0. The van der Waals surface area contributed by atoms with E-state index in [0.717, 1.165) is 18.5 Å². The molecule has 1 fully saturated rings. The summed E-state index contributed by atoms with van der Waals surface area (Å²) in [4.78, 5) is 18.2. The lowest BCUT2D eigenvalue weighted by Crippen LogP contribution is -2.43. The Kier molecular flexibility index (Phi) is 3.97. The van der Waals surface area contributed by atoms with Crippen molar-refractivity contribution < 1.29 is 4.79 Å². The first-order valence-corrected chi connectivity index (χ1v) is 6.61. The van der Waals surface area contributed by atoms with Crippen molar-refractivity contribution >= 4 is 11.6 Å². The van der Waals surface area contributed by atoms with Crippen molar-refractivity contribution in [2.24, 2.45) is 11.1 Å². The number of rotatable bonds is 5. The maximum atomic E-state index is 12.4. The molecule has 4 nitrogen and oxygen atoms in total. The molecule has 0 radical (unpaired) electrons. The maximum Gasteiger partial charge on any atom is 0.227 e. The number of anilines is 1. The van der Waals surface area contributed by atoms with Crippen LogP contribution < -0.4 is 10.6 Å². The second-order valence-corrected chi connectivity index (χ2v) is 5.08. The second-order valence-electron chi connectivity index (χ2n) is 5.08. The van der Waals surface area contributed by atoms with Crippen LogP contribution in [-0.4, -0.2) is 24.0 Å². The Bertz CT molecular complexity index is 395. The monoisotopic (exact) mass is 247 g/mol. The van der Waals surface area contributed by atoms with E-state index in [1.54, 1.807) is 12.4 Å². The molecular formula is C14H21N3O. The molecule has 2 N–H and O–H groups in total. The third-order valence-corrected chi connectivity index (χ3v) is 3.97. The number of hydrogen-bond donors (Lipinski definition) is 1. The van der Waals surface area contributed by atoms with Crippen LogP contribution in [-0.2, 0) is 4.79 Å². The molecule has 0 bridgehead atoms. The minimum atomic E-state index is 0.0670. The number of amides is 1. The fourth-order valence-electron chi connectivity index (χ4n) is 2.57. The Labute approximate surface area is 108 Å². The van der Waals surface area contributed by atoms with Crippen molar-refractivity contribution in [1.82, 2.24) is 4.98 Å². The molecule has 1 aromatic rings. The van der Waals surface area contributed by atoms with E-state index < -0.39 is 0 Å².